The SMILES string of the molecule is CCOC(=O)CC(=O)[C@H]1O[C@@H]2OC(C)(C)O[C@@H]2[C@H]1OCc1ccc([N+](=O)[O-])cc1. The summed E-state index contributed by atoms with van der Waals surface area (Å²) in [7, 11) is 0. The minimum Gasteiger partial charge on any atom is -0.466 e. The third-order valence-corrected chi connectivity index (χ3v) is 4.52. The number of Topliss-reactive ketones (excluding diaryl/α,β-unsaturated/α-hetero) is 1. The quantitative estimate of drug-likeness (QED) is 0.274. The lowest BCUT2D eigenvalue weighted by Crippen LogP contribution is -2.41. The number of ether oxygens (including phenoxy) is 5. The summed E-state index contributed by atoms with van der Waals surface area (Å²) >= 11 is 0. The number of rotatable bonds is 8. The molecule has 2 heterocycles. The van der Waals surface area contributed by atoms with Crippen molar-refractivity contribution in [2.24, 2.45) is 0 Å². The number of nitro benzene ring substituents is 1. The van der Waals surface area contributed by atoms with Gasteiger partial charge in [-0.2, -0.15) is 0 Å². The number of hydrogen-bond acceptors (Lipinski definition) is 9. The summed E-state index contributed by atoms with van der Waals surface area (Å²) in [5.74, 6) is -2.04. The van der Waals surface area contributed by atoms with Crippen LogP contribution in [0.4, 0.5) is 5.69 Å². The van der Waals surface area contributed by atoms with Crippen LogP contribution in [0.25, 0.3) is 0 Å². The van der Waals surface area contributed by atoms with Crippen LogP contribution in [0.1, 0.15) is 32.8 Å². The fourth-order valence-corrected chi connectivity index (χ4v) is 3.28. The van der Waals surface area contributed by atoms with Crippen molar-refractivity contribution in [3.8, 4) is 0 Å². The Balaban J connectivity index is 1.70. The lowest BCUT2D eigenvalue weighted by atomic mass is 10.0. The van der Waals surface area contributed by atoms with E-state index >= 15 is 0 Å². The van der Waals surface area contributed by atoms with E-state index in [-0.39, 0.29) is 18.9 Å². The molecule has 1 aromatic carbocycles. The third-order valence-electron chi connectivity index (χ3n) is 4.52. The molecule has 10 heteroatoms. The highest BCUT2D eigenvalue weighted by Gasteiger charge is 2.57. The second kappa shape index (κ2) is 8.54. The second-order valence-corrected chi connectivity index (χ2v) is 7.17. The molecule has 0 amide bonds. The summed E-state index contributed by atoms with van der Waals surface area (Å²) in [5, 5.41) is 10.8. The first kappa shape index (κ1) is 21.3. The number of esters is 1. The van der Waals surface area contributed by atoms with E-state index in [0.717, 1.165) is 0 Å². The lowest BCUT2D eigenvalue weighted by molar-refractivity contribution is -0.384. The molecule has 0 radical (unpaired) electrons. The van der Waals surface area contributed by atoms with E-state index in [0.29, 0.717) is 5.56 Å². The molecule has 0 unspecified atom stereocenters. The van der Waals surface area contributed by atoms with Crippen LogP contribution in [0.2, 0.25) is 0 Å². The van der Waals surface area contributed by atoms with Gasteiger partial charge in [-0.1, -0.05) is 0 Å². The minimum absolute atomic E-state index is 0.0326. The number of hydrogen-bond donors (Lipinski definition) is 0. The number of nitro groups is 1. The van der Waals surface area contributed by atoms with Gasteiger partial charge in [-0.05, 0) is 38.5 Å². The van der Waals surface area contributed by atoms with Gasteiger partial charge in [0.1, 0.15) is 24.7 Å². The van der Waals surface area contributed by atoms with Gasteiger partial charge < -0.3 is 23.7 Å². The van der Waals surface area contributed by atoms with Gasteiger partial charge in [-0.15, -0.1) is 0 Å². The molecule has 10 nitrogen and oxygen atoms in total. The van der Waals surface area contributed by atoms with Crippen LogP contribution in [0.15, 0.2) is 24.3 Å². The Labute approximate surface area is 167 Å². The Morgan fingerprint density at radius 3 is 2.52 bits per heavy atom. The molecule has 0 N–H and O–H groups in total. The van der Waals surface area contributed by atoms with Gasteiger partial charge in [0.25, 0.3) is 5.69 Å². The summed E-state index contributed by atoms with van der Waals surface area (Å²) in [6, 6.07) is 5.87. The number of fused-ring (bicyclic) bond motifs is 1. The van der Waals surface area contributed by atoms with Crippen LogP contribution in [-0.2, 0) is 39.9 Å². The molecule has 0 aromatic heterocycles. The van der Waals surface area contributed by atoms with E-state index in [1.165, 1.54) is 12.1 Å². The van der Waals surface area contributed by atoms with E-state index in [2.05, 4.69) is 0 Å². The molecule has 158 valence electrons. The van der Waals surface area contributed by atoms with Crippen LogP contribution < -0.4 is 0 Å². The molecule has 1 aromatic rings. The van der Waals surface area contributed by atoms with Gasteiger partial charge >= 0.3 is 5.97 Å². The van der Waals surface area contributed by atoms with Gasteiger partial charge in [-0.3, -0.25) is 19.7 Å². The number of carbonyl (C=O) groups excluding carboxylic acids is 2. The maximum atomic E-state index is 12.6. The highest BCUT2D eigenvalue weighted by atomic mass is 16.8. The van der Waals surface area contributed by atoms with Crippen LogP contribution >= 0.6 is 0 Å². The second-order valence-electron chi connectivity index (χ2n) is 7.17. The van der Waals surface area contributed by atoms with Crippen LogP contribution in [0.3, 0.4) is 0 Å². The average molecular weight is 409 g/mol. The predicted molar refractivity (Wildman–Crippen MR) is 96.6 cm³/mol. The van der Waals surface area contributed by atoms with Gasteiger partial charge in [0.05, 0.1) is 18.1 Å². The van der Waals surface area contributed by atoms with E-state index in [4.69, 9.17) is 23.7 Å². The van der Waals surface area contributed by atoms with E-state index in [9.17, 15) is 19.7 Å². The maximum absolute atomic E-state index is 12.6. The van der Waals surface area contributed by atoms with E-state index < -0.39 is 53.5 Å². The Morgan fingerprint density at radius 1 is 1.21 bits per heavy atom. The normalized spacial score (nSPS) is 27.4. The minimum atomic E-state index is -1.05. The number of benzene rings is 1. The fraction of sp³-hybridized carbons (Fsp3) is 0.579. The smallest absolute Gasteiger partial charge is 0.313 e. The van der Waals surface area contributed by atoms with Crippen molar-refractivity contribution in [2.45, 2.75) is 64.2 Å². The van der Waals surface area contributed by atoms with Gasteiger partial charge in [0.2, 0.25) is 0 Å². The third kappa shape index (κ3) is 4.96. The predicted octanol–water partition coefficient (Wildman–Crippen LogP) is 1.88. The van der Waals surface area contributed by atoms with Crippen molar-refractivity contribution in [1.29, 1.82) is 0 Å². The van der Waals surface area contributed by atoms with Crippen LogP contribution in [0, 0.1) is 10.1 Å². The molecule has 2 fully saturated rings. The zero-order chi connectivity index (χ0) is 21.2. The number of ketones is 1. The van der Waals surface area contributed by atoms with Crippen molar-refractivity contribution in [3.63, 3.8) is 0 Å². The molecule has 0 spiro atoms. The van der Waals surface area contributed by atoms with Crippen molar-refractivity contribution in [2.75, 3.05) is 6.61 Å². The van der Waals surface area contributed by atoms with Crippen molar-refractivity contribution in [3.05, 3.63) is 39.9 Å². The van der Waals surface area contributed by atoms with Crippen molar-refractivity contribution < 1.29 is 38.2 Å². The number of nitrogens with zero attached hydrogens (tertiary/aromatic N) is 1. The molecule has 0 bridgehead atoms. The molecular formula is C19H23NO9. The number of carbonyl (C=O) groups is 2. The van der Waals surface area contributed by atoms with E-state index in [1.807, 2.05) is 0 Å². The Bertz CT molecular complexity index is 776. The monoisotopic (exact) mass is 409 g/mol. The van der Waals surface area contributed by atoms with Crippen LogP contribution in [0.5, 0.6) is 0 Å². The van der Waals surface area contributed by atoms with Gasteiger partial charge in [-0.25, -0.2) is 0 Å². The molecule has 3 rings (SSSR count). The molecule has 0 saturated carbocycles. The maximum Gasteiger partial charge on any atom is 0.313 e. The molecule has 2 aliphatic rings. The Morgan fingerprint density at radius 2 is 1.90 bits per heavy atom. The molecule has 2 saturated heterocycles. The standard InChI is InChI=1S/C19H23NO9/c1-4-25-14(22)9-13(21)15-16(17-18(27-15)29-19(2,3)28-17)26-10-11-5-7-12(8-6-11)20(23)24/h5-8,15-18H,4,9-10H2,1-3H3/t15-,16+,17-,18-/m1/s1. The molecule has 0 aliphatic carbocycles. The molecule has 4 atom stereocenters. The number of non-ortho nitro benzene ring substituents is 1. The Hall–Kier alpha value is -2.40. The van der Waals surface area contributed by atoms with Crippen molar-refractivity contribution in [1.82, 2.24) is 0 Å². The van der Waals surface area contributed by atoms with Crippen molar-refractivity contribution >= 4 is 17.4 Å². The summed E-state index contributed by atoms with van der Waals surface area (Å²) in [5.41, 5.74) is 0.642. The zero-order valence-electron chi connectivity index (χ0n) is 16.4. The first-order chi connectivity index (χ1) is 13.7. The Kier molecular flexibility index (Phi) is 6.27. The zero-order valence-corrected chi connectivity index (χ0v) is 16.4. The molecule has 29 heavy (non-hydrogen) atoms. The topological polar surface area (TPSA) is 123 Å². The highest BCUT2D eigenvalue weighted by molar-refractivity contribution is 5.98. The van der Waals surface area contributed by atoms with Gasteiger partial charge in [0, 0.05) is 12.1 Å². The van der Waals surface area contributed by atoms with E-state index in [1.54, 1.807) is 32.9 Å². The average Bonchev–Trinajstić information content (AvgIpc) is 3.12. The highest BCUT2D eigenvalue weighted by Crippen LogP contribution is 2.39. The summed E-state index contributed by atoms with van der Waals surface area (Å²) in [4.78, 5) is 34.5. The summed E-state index contributed by atoms with van der Waals surface area (Å²) in [6.45, 7) is 5.33. The summed E-state index contributed by atoms with van der Waals surface area (Å²) < 4.78 is 27.9. The first-order valence-electron chi connectivity index (χ1n) is 9.24. The largest absolute Gasteiger partial charge is 0.466 e. The van der Waals surface area contributed by atoms with Gasteiger partial charge in [0.15, 0.2) is 17.9 Å². The molecule has 2 aliphatic heterocycles. The fourth-order valence-electron chi connectivity index (χ4n) is 3.28. The lowest BCUT2D eigenvalue weighted by Gasteiger charge is -2.25. The molecular weight excluding hydrogens is 386 g/mol. The summed E-state index contributed by atoms with van der Waals surface area (Å²) in [6.07, 6.45) is -3.76. The first-order valence-corrected chi connectivity index (χ1v) is 9.24. The van der Waals surface area contributed by atoms with Crippen LogP contribution in [-0.4, -0.2) is 53.7 Å².